The molecular weight excluding hydrogens is 246 g/mol. The number of carboxylic acids is 1. The van der Waals surface area contributed by atoms with E-state index in [4.69, 9.17) is 4.74 Å². The van der Waals surface area contributed by atoms with Crippen LogP contribution in [0.25, 0.3) is 0 Å². The molecular formula is C14H25NO4. The lowest BCUT2D eigenvalue weighted by Gasteiger charge is -2.43. The maximum atomic E-state index is 12.5. The highest BCUT2D eigenvalue weighted by molar-refractivity contribution is 5.85. The fraction of sp³-hybridized carbons (Fsp3) is 0.857. The van der Waals surface area contributed by atoms with E-state index < -0.39 is 11.4 Å². The molecule has 0 atom stereocenters. The number of aliphatic carboxylic acids is 1. The number of rotatable bonds is 5. The van der Waals surface area contributed by atoms with Crippen molar-refractivity contribution >= 4 is 11.9 Å². The third-order valence-electron chi connectivity index (χ3n) is 4.24. The van der Waals surface area contributed by atoms with Crippen LogP contribution in [0.4, 0.5) is 0 Å². The molecule has 0 spiro atoms. The molecule has 0 bridgehead atoms. The second-order valence-electron chi connectivity index (χ2n) is 5.88. The van der Waals surface area contributed by atoms with Gasteiger partial charge in [0, 0.05) is 13.0 Å². The van der Waals surface area contributed by atoms with Gasteiger partial charge in [0.2, 0.25) is 5.91 Å². The lowest BCUT2D eigenvalue weighted by atomic mass is 9.78. The number of amides is 1. The van der Waals surface area contributed by atoms with Crippen LogP contribution in [0.3, 0.4) is 0 Å². The molecule has 0 aliphatic carbocycles. The van der Waals surface area contributed by atoms with Crippen LogP contribution in [0.5, 0.6) is 0 Å². The van der Waals surface area contributed by atoms with Crippen molar-refractivity contribution in [1.29, 1.82) is 0 Å². The second-order valence-corrected chi connectivity index (χ2v) is 5.88. The number of nitrogens with zero attached hydrogens (tertiary/aromatic N) is 1. The summed E-state index contributed by atoms with van der Waals surface area (Å²) < 4.78 is 5.39. The predicted octanol–water partition coefficient (Wildman–Crippen LogP) is 1.90. The number of carbonyl (C=O) groups excluding carboxylic acids is 1. The quantitative estimate of drug-likeness (QED) is 0.829. The summed E-state index contributed by atoms with van der Waals surface area (Å²) in [6.45, 7) is 9.11. The summed E-state index contributed by atoms with van der Waals surface area (Å²) in [7, 11) is 0. The van der Waals surface area contributed by atoms with E-state index in [2.05, 4.69) is 0 Å². The van der Waals surface area contributed by atoms with Crippen LogP contribution >= 0.6 is 0 Å². The molecule has 0 unspecified atom stereocenters. The molecule has 0 radical (unpaired) electrons. The van der Waals surface area contributed by atoms with Gasteiger partial charge >= 0.3 is 5.97 Å². The smallest absolute Gasteiger partial charge is 0.310 e. The first-order valence-electron chi connectivity index (χ1n) is 6.90. The maximum absolute atomic E-state index is 12.5. The normalized spacial score (nSPS) is 19.3. The molecule has 1 rings (SSSR count). The zero-order valence-corrected chi connectivity index (χ0v) is 12.4. The Bertz CT molecular complexity index is 347. The Morgan fingerprint density at radius 3 is 2.32 bits per heavy atom. The number of ether oxygens (including phenoxy) is 1. The highest BCUT2D eigenvalue weighted by Gasteiger charge is 2.41. The summed E-state index contributed by atoms with van der Waals surface area (Å²) in [5, 5.41) is 9.41. The average Bonchev–Trinajstić information content (AvgIpc) is 2.34. The van der Waals surface area contributed by atoms with Crippen molar-refractivity contribution in [2.45, 2.75) is 52.5 Å². The van der Waals surface area contributed by atoms with Crippen molar-refractivity contribution in [3.8, 4) is 0 Å². The summed E-state index contributed by atoms with van der Waals surface area (Å²) in [4.78, 5) is 25.7. The minimum atomic E-state index is -0.939. The molecule has 5 nitrogen and oxygen atoms in total. The van der Waals surface area contributed by atoms with Gasteiger partial charge in [-0.2, -0.15) is 0 Å². The van der Waals surface area contributed by atoms with Gasteiger partial charge in [0.1, 0.15) is 0 Å². The number of hydrogen-bond acceptors (Lipinski definition) is 3. The van der Waals surface area contributed by atoms with Crippen LogP contribution in [0.15, 0.2) is 0 Å². The number of carbonyl (C=O) groups is 2. The van der Waals surface area contributed by atoms with Gasteiger partial charge in [0.15, 0.2) is 0 Å². The van der Waals surface area contributed by atoms with Gasteiger partial charge in [-0.3, -0.25) is 9.59 Å². The van der Waals surface area contributed by atoms with E-state index in [9.17, 15) is 14.7 Å². The second kappa shape index (κ2) is 5.90. The van der Waals surface area contributed by atoms with Crippen LogP contribution in [-0.2, 0) is 14.3 Å². The van der Waals surface area contributed by atoms with Crippen LogP contribution in [0.1, 0.15) is 47.0 Å². The highest BCUT2D eigenvalue weighted by Crippen LogP contribution is 2.33. The molecule has 0 saturated carbocycles. The van der Waals surface area contributed by atoms with E-state index in [-0.39, 0.29) is 17.9 Å². The molecule has 110 valence electrons. The third-order valence-corrected chi connectivity index (χ3v) is 4.24. The van der Waals surface area contributed by atoms with Crippen LogP contribution < -0.4 is 0 Å². The number of morpholine rings is 1. The zero-order valence-electron chi connectivity index (χ0n) is 12.4. The fourth-order valence-electron chi connectivity index (χ4n) is 2.58. The van der Waals surface area contributed by atoms with Gasteiger partial charge in [-0.1, -0.05) is 13.8 Å². The lowest BCUT2D eigenvalue weighted by molar-refractivity contribution is -0.159. The van der Waals surface area contributed by atoms with E-state index in [1.165, 1.54) is 0 Å². The average molecular weight is 271 g/mol. The zero-order chi connectivity index (χ0) is 14.7. The molecule has 1 saturated heterocycles. The Labute approximate surface area is 114 Å². The molecule has 0 aromatic rings. The van der Waals surface area contributed by atoms with Crippen molar-refractivity contribution in [3.05, 3.63) is 0 Å². The molecule has 5 heteroatoms. The molecule has 1 amide bonds. The van der Waals surface area contributed by atoms with Crippen molar-refractivity contribution in [2.24, 2.45) is 5.41 Å². The fourth-order valence-corrected chi connectivity index (χ4v) is 2.58. The summed E-state index contributed by atoms with van der Waals surface area (Å²) in [6.07, 6.45) is 1.00. The molecule has 0 aromatic heterocycles. The first kappa shape index (κ1) is 16.0. The Kier molecular flexibility index (Phi) is 4.96. The van der Waals surface area contributed by atoms with Crippen molar-refractivity contribution in [3.63, 3.8) is 0 Å². The molecule has 1 N–H and O–H groups in total. The molecule has 1 aliphatic heterocycles. The summed E-state index contributed by atoms with van der Waals surface area (Å²) >= 11 is 0. The Morgan fingerprint density at radius 1 is 1.32 bits per heavy atom. The minimum absolute atomic E-state index is 0.0682. The topological polar surface area (TPSA) is 66.8 Å². The van der Waals surface area contributed by atoms with Crippen molar-refractivity contribution < 1.29 is 19.4 Å². The number of hydrogen-bond donors (Lipinski definition) is 1. The molecule has 1 heterocycles. The van der Waals surface area contributed by atoms with E-state index >= 15 is 0 Å². The predicted molar refractivity (Wildman–Crippen MR) is 71.9 cm³/mol. The molecule has 19 heavy (non-hydrogen) atoms. The molecule has 0 aromatic carbocycles. The Morgan fingerprint density at radius 2 is 1.89 bits per heavy atom. The first-order valence-corrected chi connectivity index (χ1v) is 6.90. The summed E-state index contributed by atoms with van der Waals surface area (Å²) in [5.74, 6) is -0.962. The van der Waals surface area contributed by atoms with E-state index in [0.29, 0.717) is 32.6 Å². The minimum Gasteiger partial charge on any atom is -0.481 e. The third kappa shape index (κ3) is 3.26. The van der Waals surface area contributed by atoms with E-state index in [1.54, 1.807) is 4.90 Å². The summed E-state index contributed by atoms with van der Waals surface area (Å²) in [5.41, 5.74) is -1.30. The van der Waals surface area contributed by atoms with Crippen molar-refractivity contribution in [2.75, 3.05) is 19.8 Å². The van der Waals surface area contributed by atoms with Crippen LogP contribution in [0, 0.1) is 5.41 Å². The van der Waals surface area contributed by atoms with Crippen LogP contribution in [-0.4, -0.2) is 47.2 Å². The molecule has 1 aliphatic rings. The monoisotopic (exact) mass is 271 g/mol. The largest absolute Gasteiger partial charge is 0.481 e. The van der Waals surface area contributed by atoms with Crippen molar-refractivity contribution in [1.82, 2.24) is 4.90 Å². The Balaban J connectivity index is 2.85. The maximum Gasteiger partial charge on any atom is 0.310 e. The highest BCUT2D eigenvalue weighted by atomic mass is 16.5. The lowest BCUT2D eigenvalue weighted by Crippen LogP contribution is -2.56. The van der Waals surface area contributed by atoms with Gasteiger partial charge in [-0.05, 0) is 26.7 Å². The number of carboxylic acid groups (broad SMARTS) is 1. The van der Waals surface area contributed by atoms with E-state index in [1.807, 2.05) is 27.7 Å². The summed E-state index contributed by atoms with van der Waals surface area (Å²) in [6, 6.07) is 0. The van der Waals surface area contributed by atoms with Gasteiger partial charge in [0.05, 0.1) is 24.2 Å². The van der Waals surface area contributed by atoms with Crippen LogP contribution in [0.2, 0.25) is 0 Å². The SMILES string of the molecule is CCC(CC)(CC(=O)N1CCOCC1(C)C)C(=O)O. The standard InChI is InChI=1S/C14H25NO4/c1-5-14(6-2,12(17)18)9-11(16)15-7-8-19-10-13(15,3)4/h5-10H2,1-4H3,(H,17,18). The van der Waals surface area contributed by atoms with Gasteiger partial charge < -0.3 is 14.7 Å². The Hall–Kier alpha value is -1.10. The van der Waals surface area contributed by atoms with Gasteiger partial charge in [-0.25, -0.2) is 0 Å². The first-order chi connectivity index (χ1) is 8.79. The van der Waals surface area contributed by atoms with Gasteiger partial charge in [0.25, 0.3) is 0 Å². The van der Waals surface area contributed by atoms with Gasteiger partial charge in [-0.15, -0.1) is 0 Å². The molecule has 1 fully saturated rings. The van der Waals surface area contributed by atoms with E-state index in [0.717, 1.165) is 0 Å².